The molecule has 0 aromatic heterocycles. The summed E-state index contributed by atoms with van der Waals surface area (Å²) in [6.45, 7) is 2.36. The highest BCUT2D eigenvalue weighted by molar-refractivity contribution is 5.26. The SMILES string of the molecule is COC1CCN(CC(N)c2ccc(C(F)(F)F)cc2)C1. The Balaban J connectivity index is 1.94. The molecule has 20 heavy (non-hydrogen) atoms. The molecule has 0 amide bonds. The van der Waals surface area contributed by atoms with Crippen LogP contribution in [0.15, 0.2) is 24.3 Å². The molecular formula is C14H19F3N2O. The first kappa shape index (κ1) is 15.3. The minimum atomic E-state index is -4.30. The summed E-state index contributed by atoms with van der Waals surface area (Å²) in [7, 11) is 1.68. The van der Waals surface area contributed by atoms with Crippen molar-refractivity contribution >= 4 is 0 Å². The van der Waals surface area contributed by atoms with Crippen molar-refractivity contribution in [3.05, 3.63) is 35.4 Å². The highest BCUT2D eigenvalue weighted by Crippen LogP contribution is 2.29. The number of nitrogens with zero attached hydrogens (tertiary/aromatic N) is 1. The first-order valence-corrected chi connectivity index (χ1v) is 6.58. The summed E-state index contributed by atoms with van der Waals surface area (Å²) in [4.78, 5) is 2.18. The lowest BCUT2D eigenvalue weighted by Crippen LogP contribution is -2.31. The van der Waals surface area contributed by atoms with Crippen molar-refractivity contribution in [3.8, 4) is 0 Å². The van der Waals surface area contributed by atoms with Gasteiger partial charge >= 0.3 is 6.18 Å². The number of hydrogen-bond donors (Lipinski definition) is 1. The van der Waals surface area contributed by atoms with Crippen LogP contribution in [0.5, 0.6) is 0 Å². The first-order chi connectivity index (χ1) is 9.40. The number of halogens is 3. The lowest BCUT2D eigenvalue weighted by molar-refractivity contribution is -0.137. The van der Waals surface area contributed by atoms with Crippen LogP contribution < -0.4 is 5.73 Å². The number of hydrogen-bond acceptors (Lipinski definition) is 3. The maximum absolute atomic E-state index is 12.5. The second-order valence-corrected chi connectivity index (χ2v) is 5.13. The fraction of sp³-hybridized carbons (Fsp3) is 0.571. The molecule has 2 rings (SSSR count). The Labute approximate surface area is 116 Å². The van der Waals surface area contributed by atoms with E-state index in [4.69, 9.17) is 10.5 Å². The third-order valence-electron chi connectivity index (χ3n) is 3.68. The van der Waals surface area contributed by atoms with Crippen molar-refractivity contribution in [2.75, 3.05) is 26.7 Å². The van der Waals surface area contributed by atoms with Gasteiger partial charge in [-0.3, -0.25) is 4.90 Å². The van der Waals surface area contributed by atoms with Gasteiger partial charge in [0, 0.05) is 32.8 Å². The fourth-order valence-corrected chi connectivity index (χ4v) is 2.46. The van der Waals surface area contributed by atoms with Gasteiger partial charge in [0.1, 0.15) is 0 Å². The Morgan fingerprint density at radius 1 is 1.35 bits per heavy atom. The Hall–Kier alpha value is -1.11. The minimum Gasteiger partial charge on any atom is -0.380 e. The molecule has 1 aromatic rings. The average molecular weight is 288 g/mol. The lowest BCUT2D eigenvalue weighted by atomic mass is 10.0. The van der Waals surface area contributed by atoms with E-state index in [1.165, 1.54) is 12.1 Å². The van der Waals surface area contributed by atoms with Crippen molar-refractivity contribution < 1.29 is 17.9 Å². The summed E-state index contributed by atoms with van der Waals surface area (Å²) in [5, 5.41) is 0. The van der Waals surface area contributed by atoms with Gasteiger partial charge in [0.25, 0.3) is 0 Å². The lowest BCUT2D eigenvalue weighted by Gasteiger charge is -2.21. The second kappa shape index (κ2) is 6.11. The highest BCUT2D eigenvalue weighted by atomic mass is 19.4. The van der Waals surface area contributed by atoms with E-state index in [1.54, 1.807) is 7.11 Å². The number of likely N-dealkylation sites (tertiary alicyclic amines) is 1. The van der Waals surface area contributed by atoms with Crippen molar-refractivity contribution in [3.63, 3.8) is 0 Å². The zero-order valence-electron chi connectivity index (χ0n) is 11.4. The summed E-state index contributed by atoms with van der Waals surface area (Å²) in [6, 6.07) is 4.79. The summed E-state index contributed by atoms with van der Waals surface area (Å²) in [5.74, 6) is 0. The van der Waals surface area contributed by atoms with Gasteiger partial charge in [-0.05, 0) is 24.1 Å². The molecule has 2 unspecified atom stereocenters. The summed E-state index contributed by atoms with van der Waals surface area (Å²) in [6.07, 6.45) is -3.10. The van der Waals surface area contributed by atoms with Crippen LogP contribution in [-0.4, -0.2) is 37.7 Å². The van der Waals surface area contributed by atoms with Crippen LogP contribution in [0.4, 0.5) is 13.2 Å². The fourth-order valence-electron chi connectivity index (χ4n) is 2.46. The van der Waals surface area contributed by atoms with Gasteiger partial charge in [-0.2, -0.15) is 13.2 Å². The van der Waals surface area contributed by atoms with E-state index < -0.39 is 11.7 Å². The van der Waals surface area contributed by atoms with E-state index in [1.807, 2.05) is 0 Å². The molecule has 1 aliphatic rings. The van der Waals surface area contributed by atoms with Crippen molar-refractivity contribution in [1.29, 1.82) is 0 Å². The number of nitrogens with two attached hydrogens (primary N) is 1. The molecule has 2 N–H and O–H groups in total. The molecule has 0 aliphatic carbocycles. The molecule has 112 valence electrons. The predicted molar refractivity (Wildman–Crippen MR) is 70.2 cm³/mol. The molecule has 1 fully saturated rings. The Morgan fingerprint density at radius 3 is 2.50 bits per heavy atom. The maximum Gasteiger partial charge on any atom is 0.416 e. The largest absolute Gasteiger partial charge is 0.416 e. The molecule has 0 spiro atoms. The number of alkyl halides is 3. The third kappa shape index (κ3) is 3.71. The van der Waals surface area contributed by atoms with Gasteiger partial charge in [0.05, 0.1) is 11.7 Å². The molecule has 1 saturated heterocycles. The van der Waals surface area contributed by atoms with Gasteiger partial charge in [-0.25, -0.2) is 0 Å². The second-order valence-electron chi connectivity index (χ2n) is 5.13. The van der Waals surface area contributed by atoms with Gasteiger partial charge in [-0.1, -0.05) is 12.1 Å². The van der Waals surface area contributed by atoms with Gasteiger partial charge in [0.15, 0.2) is 0 Å². The van der Waals surface area contributed by atoms with Gasteiger partial charge in [0.2, 0.25) is 0 Å². The molecule has 1 aromatic carbocycles. The molecule has 0 radical (unpaired) electrons. The standard InChI is InChI=1S/C14H19F3N2O/c1-20-12-6-7-19(8-12)9-13(18)10-2-4-11(5-3-10)14(15,16)17/h2-5,12-13H,6-9,18H2,1H3. The van der Waals surface area contributed by atoms with Crippen LogP contribution in [0.1, 0.15) is 23.6 Å². The van der Waals surface area contributed by atoms with Crippen LogP contribution in [0.25, 0.3) is 0 Å². The average Bonchev–Trinajstić information content (AvgIpc) is 2.85. The Bertz CT molecular complexity index is 433. The zero-order chi connectivity index (χ0) is 14.8. The number of rotatable bonds is 4. The predicted octanol–water partition coefficient (Wildman–Crippen LogP) is 2.43. The molecule has 2 atom stereocenters. The molecule has 0 saturated carbocycles. The Kier molecular flexibility index (Phi) is 4.67. The normalized spacial score (nSPS) is 22.1. The van der Waals surface area contributed by atoms with Crippen molar-refractivity contribution in [2.45, 2.75) is 24.7 Å². The maximum atomic E-state index is 12.5. The number of benzene rings is 1. The molecule has 6 heteroatoms. The summed E-state index contributed by atoms with van der Waals surface area (Å²) >= 11 is 0. The van der Waals surface area contributed by atoms with Crippen molar-refractivity contribution in [2.24, 2.45) is 5.73 Å². The summed E-state index contributed by atoms with van der Waals surface area (Å²) < 4.78 is 42.7. The van der Waals surface area contributed by atoms with Crippen LogP contribution in [0.3, 0.4) is 0 Å². The van der Waals surface area contributed by atoms with Crippen LogP contribution in [0.2, 0.25) is 0 Å². The molecule has 1 heterocycles. The zero-order valence-corrected chi connectivity index (χ0v) is 11.4. The van der Waals surface area contributed by atoms with Gasteiger partial charge in [-0.15, -0.1) is 0 Å². The quantitative estimate of drug-likeness (QED) is 0.924. The van der Waals surface area contributed by atoms with Gasteiger partial charge < -0.3 is 10.5 Å². The molecule has 0 bridgehead atoms. The monoisotopic (exact) mass is 288 g/mol. The van der Waals surface area contributed by atoms with Crippen LogP contribution in [0, 0.1) is 0 Å². The molecule has 1 aliphatic heterocycles. The smallest absolute Gasteiger partial charge is 0.380 e. The highest BCUT2D eigenvalue weighted by Gasteiger charge is 2.30. The number of methoxy groups -OCH3 is 1. The van der Waals surface area contributed by atoms with E-state index >= 15 is 0 Å². The van der Waals surface area contributed by atoms with E-state index in [0.717, 1.165) is 37.2 Å². The number of ether oxygens (including phenoxy) is 1. The molecular weight excluding hydrogens is 269 g/mol. The van der Waals surface area contributed by atoms with E-state index in [2.05, 4.69) is 4.90 Å². The van der Waals surface area contributed by atoms with Crippen LogP contribution in [-0.2, 0) is 10.9 Å². The van der Waals surface area contributed by atoms with E-state index in [0.29, 0.717) is 6.54 Å². The summed E-state index contributed by atoms with van der Waals surface area (Å²) in [5.41, 5.74) is 6.13. The topological polar surface area (TPSA) is 38.5 Å². The Morgan fingerprint density at radius 2 is 2.00 bits per heavy atom. The van der Waals surface area contributed by atoms with Crippen LogP contribution >= 0.6 is 0 Å². The first-order valence-electron chi connectivity index (χ1n) is 6.58. The molecule has 3 nitrogen and oxygen atoms in total. The minimum absolute atomic E-state index is 0.231. The van der Waals surface area contributed by atoms with E-state index in [-0.39, 0.29) is 12.1 Å². The van der Waals surface area contributed by atoms with E-state index in [9.17, 15) is 13.2 Å². The van der Waals surface area contributed by atoms with Crippen molar-refractivity contribution in [1.82, 2.24) is 4.90 Å². The third-order valence-corrected chi connectivity index (χ3v) is 3.68.